The summed E-state index contributed by atoms with van der Waals surface area (Å²) in [5, 5.41) is 27.2. The molecule has 4 heteroatoms. The van der Waals surface area contributed by atoms with Crippen molar-refractivity contribution < 1.29 is 20.1 Å². The molecule has 120 valence electrons. The third-order valence-corrected chi connectivity index (χ3v) is 2.87. The first-order valence-electron chi connectivity index (χ1n) is 7.44. The number of unbranched alkanes of at least 4 members (excludes halogenated alkanes) is 4. The molecule has 3 N–H and O–H groups in total. The Balaban J connectivity index is 3.68. The van der Waals surface area contributed by atoms with Crippen molar-refractivity contribution >= 4 is 5.97 Å². The molecule has 22 heavy (non-hydrogen) atoms. The van der Waals surface area contributed by atoms with Crippen LogP contribution in [0.3, 0.4) is 0 Å². The molecule has 0 aromatic carbocycles. The van der Waals surface area contributed by atoms with Crippen molar-refractivity contribution in [2.75, 3.05) is 0 Å². The van der Waals surface area contributed by atoms with Crippen molar-refractivity contribution in [2.45, 2.75) is 57.2 Å². The van der Waals surface area contributed by atoms with Gasteiger partial charge >= 0.3 is 5.97 Å². The number of aliphatic carboxylic acids is 1. The predicted molar refractivity (Wildman–Crippen MR) is 86.9 cm³/mol. The monoisotopic (exact) mass is 304 g/mol. The first-order chi connectivity index (χ1) is 10.6. The zero-order chi connectivity index (χ0) is 16.6. The van der Waals surface area contributed by atoms with Gasteiger partial charge in [-0.3, -0.25) is 4.79 Å². The maximum atomic E-state index is 10.3. The Morgan fingerprint density at radius 2 is 1.77 bits per heavy atom. The number of aliphatic hydroxyl groups excluding tert-OH is 2. The molecule has 0 fully saturated rings. The molecule has 4 nitrogen and oxygen atoms in total. The first-order valence-corrected chi connectivity index (χ1v) is 7.44. The topological polar surface area (TPSA) is 77.8 Å². The number of rotatable bonds is 10. The average molecular weight is 304 g/mol. The van der Waals surface area contributed by atoms with E-state index in [1.165, 1.54) is 6.08 Å². The van der Waals surface area contributed by atoms with E-state index >= 15 is 0 Å². The van der Waals surface area contributed by atoms with Crippen LogP contribution in [-0.4, -0.2) is 33.5 Å². The fraction of sp³-hybridized carbons (Fsp3) is 0.500. The Morgan fingerprint density at radius 3 is 2.45 bits per heavy atom. The summed E-state index contributed by atoms with van der Waals surface area (Å²) in [5.74, 6) is 9.40. The van der Waals surface area contributed by atoms with Gasteiger partial charge in [-0.1, -0.05) is 50.2 Å². The van der Waals surface area contributed by atoms with E-state index in [9.17, 15) is 9.90 Å². The molecule has 0 amide bonds. The zero-order valence-electron chi connectivity index (χ0n) is 12.8. The highest BCUT2D eigenvalue weighted by Gasteiger charge is 1.99. The van der Waals surface area contributed by atoms with Crippen molar-refractivity contribution in [3.63, 3.8) is 0 Å². The van der Waals surface area contributed by atoms with Crippen LogP contribution in [-0.2, 0) is 4.79 Å². The zero-order valence-corrected chi connectivity index (χ0v) is 12.8. The molecular weight excluding hydrogens is 280 g/mol. The summed E-state index contributed by atoms with van der Waals surface area (Å²) in [6, 6.07) is 0. The number of hydrogen-bond donors (Lipinski definition) is 3. The molecule has 0 aliphatic carbocycles. The molecule has 0 radical (unpaired) electrons. The fourth-order valence-corrected chi connectivity index (χ4v) is 1.66. The molecular formula is C18H24O4. The second-order valence-electron chi connectivity index (χ2n) is 4.85. The molecule has 0 rings (SSSR count). The van der Waals surface area contributed by atoms with Gasteiger partial charge in [0, 0.05) is 6.42 Å². The van der Waals surface area contributed by atoms with Crippen LogP contribution < -0.4 is 0 Å². The van der Waals surface area contributed by atoms with Gasteiger partial charge in [0.1, 0.15) is 6.10 Å². The number of aliphatic hydroxyl groups is 2. The van der Waals surface area contributed by atoms with Crippen LogP contribution in [0.25, 0.3) is 0 Å². The third-order valence-electron chi connectivity index (χ3n) is 2.87. The normalized spacial score (nSPS) is 12.6. The lowest BCUT2D eigenvalue weighted by atomic mass is 10.1. The smallest absolute Gasteiger partial charge is 0.303 e. The summed E-state index contributed by atoms with van der Waals surface area (Å²) in [6.07, 6.45) is 8.50. The van der Waals surface area contributed by atoms with Gasteiger partial charge in [0.25, 0.3) is 0 Å². The molecule has 1 unspecified atom stereocenters. The van der Waals surface area contributed by atoms with Crippen molar-refractivity contribution in [2.24, 2.45) is 0 Å². The standard InChI is InChI=1S/C18H24O4/c1-2-16(19)12-8-6-7-10-14-17(20)13-9-4-3-5-11-15-18(21)22/h2,10,14,16-17,19-20H,1,3-5,9,11,13,15H2,(H,21,22)/t16-,17?/m0/s1. The lowest BCUT2D eigenvalue weighted by Gasteiger charge is -2.04. The molecule has 0 bridgehead atoms. The molecule has 0 saturated carbocycles. The van der Waals surface area contributed by atoms with Crippen LogP contribution in [0.1, 0.15) is 44.9 Å². The molecule has 0 aromatic rings. The number of allylic oxidation sites excluding steroid dienone is 1. The second kappa shape index (κ2) is 13.9. The van der Waals surface area contributed by atoms with Gasteiger partial charge in [-0.25, -0.2) is 0 Å². The van der Waals surface area contributed by atoms with E-state index in [1.54, 1.807) is 12.2 Å². The van der Waals surface area contributed by atoms with Crippen molar-refractivity contribution in [1.82, 2.24) is 0 Å². The Kier molecular flexibility index (Phi) is 12.7. The van der Waals surface area contributed by atoms with E-state index in [4.69, 9.17) is 10.2 Å². The largest absolute Gasteiger partial charge is 0.481 e. The van der Waals surface area contributed by atoms with Gasteiger partial charge in [-0.05, 0) is 36.8 Å². The van der Waals surface area contributed by atoms with Gasteiger partial charge in [0.05, 0.1) is 6.10 Å². The van der Waals surface area contributed by atoms with Gasteiger partial charge < -0.3 is 15.3 Å². The van der Waals surface area contributed by atoms with E-state index < -0.39 is 18.2 Å². The van der Waals surface area contributed by atoms with Crippen molar-refractivity contribution in [1.29, 1.82) is 0 Å². The molecule has 0 heterocycles. The van der Waals surface area contributed by atoms with E-state index in [0.717, 1.165) is 32.1 Å². The Labute approximate surface area is 132 Å². The van der Waals surface area contributed by atoms with Crippen LogP contribution in [0.5, 0.6) is 0 Å². The van der Waals surface area contributed by atoms with Gasteiger partial charge in [-0.2, -0.15) is 0 Å². The van der Waals surface area contributed by atoms with E-state index in [-0.39, 0.29) is 6.42 Å². The minimum atomic E-state index is -0.862. The molecule has 0 spiro atoms. The second-order valence-corrected chi connectivity index (χ2v) is 4.85. The van der Waals surface area contributed by atoms with Gasteiger partial charge in [0.15, 0.2) is 0 Å². The number of carbonyl (C=O) groups is 1. The highest BCUT2D eigenvalue weighted by molar-refractivity contribution is 5.66. The van der Waals surface area contributed by atoms with Crippen LogP contribution >= 0.6 is 0 Å². The van der Waals surface area contributed by atoms with Gasteiger partial charge in [0.2, 0.25) is 0 Å². The lowest BCUT2D eigenvalue weighted by Crippen LogP contribution is -2.01. The van der Waals surface area contributed by atoms with E-state index in [1.807, 2.05) is 0 Å². The highest BCUT2D eigenvalue weighted by atomic mass is 16.4. The maximum absolute atomic E-state index is 10.3. The van der Waals surface area contributed by atoms with Crippen LogP contribution in [0.4, 0.5) is 0 Å². The predicted octanol–water partition coefficient (Wildman–Crippen LogP) is 2.27. The van der Waals surface area contributed by atoms with Gasteiger partial charge in [-0.15, -0.1) is 0 Å². The molecule has 0 saturated heterocycles. The number of carboxylic acid groups (broad SMARTS) is 1. The minimum Gasteiger partial charge on any atom is -0.481 e. The van der Waals surface area contributed by atoms with E-state index in [0.29, 0.717) is 6.42 Å². The Bertz CT molecular complexity index is 471. The maximum Gasteiger partial charge on any atom is 0.303 e. The van der Waals surface area contributed by atoms with Crippen LogP contribution in [0.2, 0.25) is 0 Å². The summed E-state index contributed by atoms with van der Waals surface area (Å²) in [6.45, 7) is 3.38. The SMILES string of the molecule is C=C[C@H](O)C#CC#CC=CC(O)CCCCCCCC(=O)O. The Hall–Kier alpha value is -2.01. The highest BCUT2D eigenvalue weighted by Crippen LogP contribution is 2.09. The summed E-state index contributed by atoms with van der Waals surface area (Å²) in [5.41, 5.74) is 0. The molecule has 0 aliphatic heterocycles. The number of hydrogen-bond acceptors (Lipinski definition) is 3. The summed E-state index contributed by atoms with van der Waals surface area (Å²) >= 11 is 0. The van der Waals surface area contributed by atoms with E-state index in [2.05, 4.69) is 30.3 Å². The molecule has 2 atom stereocenters. The third kappa shape index (κ3) is 14.4. The molecule has 0 aromatic heterocycles. The average Bonchev–Trinajstić information content (AvgIpc) is 2.49. The lowest BCUT2D eigenvalue weighted by molar-refractivity contribution is -0.137. The summed E-state index contributed by atoms with van der Waals surface area (Å²) in [4.78, 5) is 10.3. The summed E-state index contributed by atoms with van der Waals surface area (Å²) < 4.78 is 0. The van der Waals surface area contributed by atoms with Crippen LogP contribution in [0, 0.1) is 23.7 Å². The quantitative estimate of drug-likeness (QED) is 0.329. The number of carboxylic acids is 1. The van der Waals surface area contributed by atoms with Crippen LogP contribution in [0.15, 0.2) is 24.8 Å². The minimum absolute atomic E-state index is 0.233. The fourth-order valence-electron chi connectivity index (χ4n) is 1.66. The molecule has 0 aliphatic rings. The first kappa shape index (κ1) is 20.0. The Morgan fingerprint density at radius 1 is 1.09 bits per heavy atom. The van der Waals surface area contributed by atoms with Crippen molar-refractivity contribution in [3.8, 4) is 23.7 Å². The van der Waals surface area contributed by atoms with Crippen molar-refractivity contribution in [3.05, 3.63) is 24.8 Å². The summed E-state index contributed by atoms with van der Waals surface area (Å²) in [7, 11) is 0.